The van der Waals surface area contributed by atoms with Crippen LogP contribution in [0.4, 0.5) is 0 Å². The molecule has 4 aromatic rings. The van der Waals surface area contributed by atoms with Gasteiger partial charge in [-0.15, -0.1) is 11.3 Å². The second-order valence-electron chi connectivity index (χ2n) is 5.31. The monoisotopic (exact) mass is 426 g/mol. The van der Waals surface area contributed by atoms with E-state index in [2.05, 4.69) is 4.99 Å². The van der Waals surface area contributed by atoms with Crippen molar-refractivity contribution in [3.63, 3.8) is 0 Å². The SMILES string of the molecule is Cn1c(=NC(=O)c2sc3ccccc3c2Cl)sc2ccc(Cl)c(Cl)c21. The summed E-state index contributed by atoms with van der Waals surface area (Å²) in [5.41, 5.74) is 0.758. The van der Waals surface area contributed by atoms with Gasteiger partial charge in [0.25, 0.3) is 5.91 Å². The third-order valence-electron chi connectivity index (χ3n) is 3.78. The Morgan fingerprint density at radius 2 is 1.76 bits per heavy atom. The molecule has 126 valence electrons. The fourth-order valence-electron chi connectivity index (χ4n) is 2.57. The summed E-state index contributed by atoms with van der Waals surface area (Å²) >= 11 is 21.5. The molecule has 1 amide bonds. The van der Waals surface area contributed by atoms with Crippen LogP contribution in [0.15, 0.2) is 41.4 Å². The number of thiophene rings is 1. The van der Waals surface area contributed by atoms with Crippen molar-refractivity contribution in [2.75, 3.05) is 0 Å². The lowest BCUT2D eigenvalue weighted by Crippen LogP contribution is -2.13. The largest absolute Gasteiger partial charge is 0.318 e. The molecule has 0 aliphatic heterocycles. The molecule has 0 atom stereocenters. The first-order valence-electron chi connectivity index (χ1n) is 7.17. The summed E-state index contributed by atoms with van der Waals surface area (Å²) in [4.78, 5) is 17.9. The van der Waals surface area contributed by atoms with Gasteiger partial charge in [0.2, 0.25) is 0 Å². The van der Waals surface area contributed by atoms with Gasteiger partial charge < -0.3 is 4.57 Å². The standard InChI is InChI=1S/C17H9Cl3N2OS2/c1-22-14-11(7-6-9(18)13(14)20)25-17(22)21-16(23)15-12(19)8-4-2-3-5-10(8)24-15/h2-7H,1H3. The summed E-state index contributed by atoms with van der Waals surface area (Å²) in [5.74, 6) is -0.365. The Morgan fingerprint density at radius 1 is 1.00 bits per heavy atom. The lowest BCUT2D eigenvalue weighted by atomic mass is 10.2. The van der Waals surface area contributed by atoms with E-state index in [9.17, 15) is 4.79 Å². The molecule has 0 aliphatic carbocycles. The molecule has 0 saturated carbocycles. The maximum absolute atomic E-state index is 12.7. The molecule has 8 heteroatoms. The van der Waals surface area contributed by atoms with E-state index in [0.717, 1.165) is 20.3 Å². The van der Waals surface area contributed by atoms with Crippen LogP contribution in [-0.4, -0.2) is 10.5 Å². The summed E-state index contributed by atoms with van der Waals surface area (Å²) in [6, 6.07) is 11.2. The molecule has 2 aromatic carbocycles. The van der Waals surface area contributed by atoms with E-state index in [1.165, 1.54) is 22.7 Å². The van der Waals surface area contributed by atoms with E-state index in [1.54, 1.807) is 17.7 Å². The molecule has 0 radical (unpaired) electrons. The van der Waals surface area contributed by atoms with E-state index in [4.69, 9.17) is 34.8 Å². The molecule has 25 heavy (non-hydrogen) atoms. The number of aryl methyl sites for hydroxylation is 1. The van der Waals surface area contributed by atoms with Crippen LogP contribution >= 0.6 is 57.5 Å². The van der Waals surface area contributed by atoms with Crippen LogP contribution in [0.2, 0.25) is 15.1 Å². The van der Waals surface area contributed by atoms with Crippen LogP contribution in [0, 0.1) is 0 Å². The zero-order valence-corrected chi connectivity index (χ0v) is 16.6. The molecular formula is C17H9Cl3N2OS2. The minimum atomic E-state index is -0.365. The molecule has 0 bridgehead atoms. The Hall–Kier alpha value is -1.37. The third kappa shape index (κ3) is 2.80. The summed E-state index contributed by atoms with van der Waals surface area (Å²) in [6.07, 6.45) is 0. The van der Waals surface area contributed by atoms with Crippen molar-refractivity contribution in [3.05, 3.63) is 61.1 Å². The van der Waals surface area contributed by atoms with Gasteiger partial charge in [0.15, 0.2) is 4.80 Å². The van der Waals surface area contributed by atoms with E-state index in [0.29, 0.717) is 24.7 Å². The molecule has 2 aromatic heterocycles. The van der Waals surface area contributed by atoms with Gasteiger partial charge in [-0.1, -0.05) is 64.3 Å². The van der Waals surface area contributed by atoms with Gasteiger partial charge >= 0.3 is 0 Å². The molecule has 4 rings (SSSR count). The second kappa shape index (κ2) is 6.41. The molecule has 2 heterocycles. The molecule has 0 fully saturated rings. The highest BCUT2D eigenvalue weighted by atomic mass is 35.5. The van der Waals surface area contributed by atoms with E-state index in [-0.39, 0.29) is 5.91 Å². The Kier molecular flexibility index (Phi) is 4.38. The predicted octanol–water partition coefficient (Wildman–Crippen LogP) is 6.16. The van der Waals surface area contributed by atoms with Gasteiger partial charge in [0.05, 0.1) is 25.3 Å². The Bertz CT molecular complexity index is 1220. The van der Waals surface area contributed by atoms with Crippen molar-refractivity contribution in [3.8, 4) is 0 Å². The summed E-state index contributed by atoms with van der Waals surface area (Å²) in [7, 11) is 1.81. The van der Waals surface area contributed by atoms with Gasteiger partial charge in [-0.05, 0) is 18.2 Å². The van der Waals surface area contributed by atoms with Crippen molar-refractivity contribution in [2.45, 2.75) is 0 Å². The first kappa shape index (κ1) is 17.1. The number of hydrogen-bond acceptors (Lipinski definition) is 3. The van der Waals surface area contributed by atoms with Crippen LogP contribution in [0.1, 0.15) is 9.67 Å². The van der Waals surface area contributed by atoms with Gasteiger partial charge in [-0.2, -0.15) is 4.99 Å². The van der Waals surface area contributed by atoms with Gasteiger partial charge in [-0.3, -0.25) is 4.79 Å². The van der Waals surface area contributed by atoms with Crippen LogP contribution in [0.25, 0.3) is 20.3 Å². The number of carbonyl (C=O) groups is 1. The molecule has 3 nitrogen and oxygen atoms in total. The van der Waals surface area contributed by atoms with Crippen LogP contribution in [0.5, 0.6) is 0 Å². The van der Waals surface area contributed by atoms with Gasteiger partial charge in [-0.25, -0.2) is 0 Å². The highest BCUT2D eigenvalue weighted by Crippen LogP contribution is 2.36. The van der Waals surface area contributed by atoms with Crippen LogP contribution in [0.3, 0.4) is 0 Å². The fraction of sp³-hybridized carbons (Fsp3) is 0.0588. The van der Waals surface area contributed by atoms with Crippen molar-refractivity contribution in [2.24, 2.45) is 12.0 Å². The molecule has 0 spiro atoms. The number of fused-ring (bicyclic) bond motifs is 2. The summed E-state index contributed by atoms with van der Waals surface area (Å²) in [5, 5.41) is 2.22. The minimum Gasteiger partial charge on any atom is -0.318 e. The number of thiazole rings is 1. The van der Waals surface area contributed by atoms with E-state index >= 15 is 0 Å². The molecule has 0 saturated heterocycles. The number of amides is 1. The maximum atomic E-state index is 12.7. The smallest absolute Gasteiger partial charge is 0.291 e. The highest BCUT2D eigenvalue weighted by Gasteiger charge is 2.17. The first-order chi connectivity index (χ1) is 12.0. The fourth-order valence-corrected chi connectivity index (χ4v) is 5.49. The maximum Gasteiger partial charge on any atom is 0.291 e. The zero-order valence-electron chi connectivity index (χ0n) is 12.7. The van der Waals surface area contributed by atoms with Crippen molar-refractivity contribution in [1.82, 2.24) is 4.57 Å². The normalized spacial score (nSPS) is 12.4. The number of benzene rings is 2. The average molecular weight is 428 g/mol. The summed E-state index contributed by atoms with van der Waals surface area (Å²) < 4.78 is 3.64. The zero-order chi connectivity index (χ0) is 17.7. The Balaban J connectivity index is 1.89. The number of halogens is 3. The van der Waals surface area contributed by atoms with Crippen LogP contribution in [-0.2, 0) is 7.05 Å². The highest BCUT2D eigenvalue weighted by molar-refractivity contribution is 7.21. The van der Waals surface area contributed by atoms with Crippen molar-refractivity contribution in [1.29, 1.82) is 0 Å². The topological polar surface area (TPSA) is 34.4 Å². The molecule has 0 aliphatic rings. The number of nitrogens with zero attached hydrogens (tertiary/aromatic N) is 2. The third-order valence-corrected chi connectivity index (χ3v) is 7.34. The van der Waals surface area contributed by atoms with Crippen LogP contribution < -0.4 is 4.80 Å². The number of rotatable bonds is 1. The minimum absolute atomic E-state index is 0.365. The summed E-state index contributed by atoms with van der Waals surface area (Å²) in [6.45, 7) is 0. The lowest BCUT2D eigenvalue weighted by molar-refractivity contribution is 0.100. The lowest BCUT2D eigenvalue weighted by Gasteiger charge is -2.00. The molecule has 0 unspecified atom stereocenters. The number of hydrogen-bond donors (Lipinski definition) is 0. The van der Waals surface area contributed by atoms with E-state index in [1.807, 2.05) is 30.3 Å². The molecule has 0 N–H and O–H groups in total. The number of carbonyl (C=O) groups excluding carboxylic acids is 1. The predicted molar refractivity (Wildman–Crippen MR) is 108 cm³/mol. The quantitative estimate of drug-likeness (QED) is 0.358. The number of aromatic nitrogens is 1. The van der Waals surface area contributed by atoms with Gasteiger partial charge in [0, 0.05) is 17.1 Å². The van der Waals surface area contributed by atoms with Crippen molar-refractivity contribution < 1.29 is 4.79 Å². The van der Waals surface area contributed by atoms with E-state index < -0.39 is 0 Å². The van der Waals surface area contributed by atoms with Gasteiger partial charge in [0.1, 0.15) is 4.88 Å². The average Bonchev–Trinajstić information content (AvgIpc) is 3.10. The van der Waals surface area contributed by atoms with Crippen molar-refractivity contribution >= 4 is 83.7 Å². The second-order valence-corrected chi connectivity index (χ2v) is 8.53. The molecular weight excluding hydrogens is 419 g/mol. The Labute approximate surface area is 165 Å². The first-order valence-corrected chi connectivity index (χ1v) is 9.93. The Morgan fingerprint density at radius 3 is 2.52 bits per heavy atom.